The Hall–Kier alpha value is -0.250. The Labute approximate surface area is 74.3 Å². The number of halogens is 2. The van der Waals surface area contributed by atoms with Crippen LogP contribution in [0.5, 0.6) is 0 Å². The summed E-state index contributed by atoms with van der Waals surface area (Å²) in [4.78, 5) is 0. The SMILES string of the molecule is NNc1ccc(Br)cc1.[Cl-]. The van der Waals surface area contributed by atoms with Crippen molar-refractivity contribution in [1.82, 2.24) is 0 Å². The third kappa shape index (κ3) is 2.56. The minimum Gasteiger partial charge on any atom is -1.00 e. The molecule has 0 radical (unpaired) electrons. The highest BCUT2D eigenvalue weighted by atomic mass is 79.9. The van der Waals surface area contributed by atoms with Crippen LogP contribution in [0.25, 0.3) is 0 Å². The van der Waals surface area contributed by atoms with Gasteiger partial charge in [-0.3, -0.25) is 5.84 Å². The van der Waals surface area contributed by atoms with Crippen LogP contribution >= 0.6 is 15.9 Å². The number of hydrogen-bond donors (Lipinski definition) is 2. The topological polar surface area (TPSA) is 38.0 Å². The predicted octanol–water partition coefficient (Wildman–Crippen LogP) is -1.26. The lowest BCUT2D eigenvalue weighted by Gasteiger charge is -1.96. The molecule has 0 heterocycles. The van der Waals surface area contributed by atoms with Gasteiger partial charge in [0, 0.05) is 10.2 Å². The van der Waals surface area contributed by atoms with E-state index in [1.165, 1.54) is 0 Å². The first-order chi connectivity index (χ1) is 4.33. The van der Waals surface area contributed by atoms with Crippen LogP contribution in [-0.4, -0.2) is 0 Å². The van der Waals surface area contributed by atoms with Gasteiger partial charge < -0.3 is 17.8 Å². The van der Waals surface area contributed by atoms with Gasteiger partial charge in [-0.25, -0.2) is 0 Å². The molecule has 0 aliphatic carbocycles. The minimum absolute atomic E-state index is 0. The average molecular weight is 222 g/mol. The number of hydrazine groups is 1. The summed E-state index contributed by atoms with van der Waals surface area (Å²) < 4.78 is 1.06. The Morgan fingerprint density at radius 3 is 2.10 bits per heavy atom. The van der Waals surface area contributed by atoms with Crippen molar-refractivity contribution in [3.63, 3.8) is 0 Å². The number of nitrogens with one attached hydrogen (secondary N) is 1. The van der Waals surface area contributed by atoms with E-state index in [-0.39, 0.29) is 12.4 Å². The van der Waals surface area contributed by atoms with Crippen molar-refractivity contribution in [3.05, 3.63) is 28.7 Å². The largest absolute Gasteiger partial charge is 1.00 e. The Morgan fingerprint density at radius 2 is 1.70 bits per heavy atom. The van der Waals surface area contributed by atoms with Crippen molar-refractivity contribution in [2.45, 2.75) is 0 Å². The van der Waals surface area contributed by atoms with Crippen LogP contribution in [0.15, 0.2) is 28.7 Å². The van der Waals surface area contributed by atoms with Gasteiger partial charge in [-0.15, -0.1) is 0 Å². The van der Waals surface area contributed by atoms with Gasteiger partial charge in [-0.1, -0.05) is 15.9 Å². The molecule has 0 saturated heterocycles. The Morgan fingerprint density at radius 1 is 1.20 bits per heavy atom. The molecule has 0 fully saturated rings. The van der Waals surface area contributed by atoms with Crippen LogP contribution in [0.4, 0.5) is 5.69 Å². The molecule has 1 aromatic carbocycles. The lowest BCUT2D eigenvalue weighted by Crippen LogP contribution is -3.00. The molecule has 1 rings (SSSR count). The molecule has 0 saturated carbocycles. The molecule has 10 heavy (non-hydrogen) atoms. The summed E-state index contributed by atoms with van der Waals surface area (Å²) in [6.07, 6.45) is 0. The van der Waals surface area contributed by atoms with Crippen LogP contribution in [-0.2, 0) is 0 Å². The maximum absolute atomic E-state index is 5.13. The van der Waals surface area contributed by atoms with Crippen molar-refractivity contribution < 1.29 is 12.4 Å². The number of nitrogen functional groups attached to an aromatic ring is 1. The fourth-order valence-electron chi connectivity index (χ4n) is 0.546. The number of rotatable bonds is 1. The third-order valence-corrected chi connectivity index (χ3v) is 1.54. The first-order valence-corrected chi connectivity index (χ1v) is 3.34. The van der Waals surface area contributed by atoms with Crippen LogP contribution in [0.3, 0.4) is 0 Å². The van der Waals surface area contributed by atoms with Crippen molar-refractivity contribution in [2.24, 2.45) is 5.84 Å². The fourth-order valence-corrected chi connectivity index (χ4v) is 0.810. The molecule has 4 heteroatoms. The van der Waals surface area contributed by atoms with Crippen LogP contribution in [0.2, 0.25) is 0 Å². The van der Waals surface area contributed by atoms with E-state index >= 15 is 0 Å². The van der Waals surface area contributed by atoms with Crippen LogP contribution in [0, 0.1) is 0 Å². The minimum atomic E-state index is 0. The molecule has 1 aromatic rings. The van der Waals surface area contributed by atoms with Gasteiger partial charge in [0.25, 0.3) is 0 Å². The maximum atomic E-state index is 5.13. The number of nitrogens with two attached hydrogens (primary N) is 1. The summed E-state index contributed by atoms with van der Waals surface area (Å²) in [5, 5.41) is 0. The monoisotopic (exact) mass is 221 g/mol. The predicted molar refractivity (Wildman–Crippen MR) is 42.0 cm³/mol. The standard InChI is InChI=1S/C6H7BrN2.ClH/c7-5-1-3-6(9-8)4-2-5;/h1-4,9H,8H2;1H/p-1. The van der Waals surface area contributed by atoms with E-state index in [0.717, 1.165) is 10.2 Å². The quantitative estimate of drug-likeness (QED) is 0.460. The maximum Gasteiger partial charge on any atom is 0.0485 e. The molecule has 0 amide bonds. The zero-order valence-corrected chi connectivity index (χ0v) is 7.48. The summed E-state index contributed by atoms with van der Waals surface area (Å²) in [6.45, 7) is 0. The third-order valence-electron chi connectivity index (χ3n) is 1.01. The highest BCUT2D eigenvalue weighted by Gasteiger charge is 1.85. The molecule has 56 valence electrons. The van der Waals surface area contributed by atoms with E-state index in [4.69, 9.17) is 5.84 Å². The van der Waals surface area contributed by atoms with Crippen LogP contribution in [0.1, 0.15) is 0 Å². The van der Waals surface area contributed by atoms with Gasteiger partial charge in [-0.05, 0) is 24.3 Å². The molecule has 0 spiro atoms. The first-order valence-electron chi connectivity index (χ1n) is 2.55. The van der Waals surface area contributed by atoms with E-state index in [1.54, 1.807) is 0 Å². The lowest BCUT2D eigenvalue weighted by molar-refractivity contribution is -0.00000177. The zero-order chi connectivity index (χ0) is 6.69. The van der Waals surface area contributed by atoms with E-state index in [1.807, 2.05) is 24.3 Å². The van der Waals surface area contributed by atoms with Gasteiger partial charge >= 0.3 is 0 Å². The van der Waals surface area contributed by atoms with Gasteiger partial charge in [0.2, 0.25) is 0 Å². The molecule has 2 nitrogen and oxygen atoms in total. The van der Waals surface area contributed by atoms with Gasteiger partial charge in [-0.2, -0.15) is 0 Å². The average Bonchev–Trinajstić information content (AvgIpc) is 1.90. The second-order valence-electron chi connectivity index (χ2n) is 1.65. The molecule has 0 aliphatic rings. The molecular weight excluding hydrogens is 215 g/mol. The normalized spacial score (nSPS) is 8.20. The number of hydrogen-bond acceptors (Lipinski definition) is 2. The molecule has 0 aliphatic heterocycles. The van der Waals surface area contributed by atoms with Crippen molar-refractivity contribution in [2.75, 3.05) is 5.43 Å². The highest BCUT2D eigenvalue weighted by Crippen LogP contribution is 2.12. The van der Waals surface area contributed by atoms with Crippen molar-refractivity contribution in [1.29, 1.82) is 0 Å². The zero-order valence-electron chi connectivity index (χ0n) is 5.14. The van der Waals surface area contributed by atoms with Gasteiger partial charge in [0.15, 0.2) is 0 Å². The summed E-state index contributed by atoms with van der Waals surface area (Å²) >= 11 is 3.31. The molecule has 0 atom stereocenters. The second-order valence-corrected chi connectivity index (χ2v) is 2.57. The molecule has 0 bridgehead atoms. The van der Waals surface area contributed by atoms with Gasteiger partial charge in [0.05, 0.1) is 0 Å². The highest BCUT2D eigenvalue weighted by molar-refractivity contribution is 9.10. The summed E-state index contributed by atoms with van der Waals surface area (Å²) in [6, 6.07) is 7.64. The molecular formula is C6H7BrClN2-. The second kappa shape index (κ2) is 4.55. The summed E-state index contributed by atoms with van der Waals surface area (Å²) in [5.74, 6) is 5.13. The van der Waals surface area contributed by atoms with E-state index < -0.39 is 0 Å². The fraction of sp³-hybridized carbons (Fsp3) is 0. The van der Waals surface area contributed by atoms with E-state index in [2.05, 4.69) is 21.4 Å². The van der Waals surface area contributed by atoms with Crippen molar-refractivity contribution in [3.8, 4) is 0 Å². The Bertz CT molecular complexity index is 187. The Kier molecular flexibility index (Phi) is 4.43. The van der Waals surface area contributed by atoms with E-state index in [9.17, 15) is 0 Å². The van der Waals surface area contributed by atoms with Crippen LogP contribution < -0.4 is 23.7 Å². The Balaban J connectivity index is 0.000000810. The smallest absolute Gasteiger partial charge is 0.0485 e. The molecule has 0 aromatic heterocycles. The molecule has 0 unspecified atom stereocenters. The van der Waals surface area contributed by atoms with E-state index in [0.29, 0.717) is 0 Å². The summed E-state index contributed by atoms with van der Waals surface area (Å²) in [7, 11) is 0. The lowest BCUT2D eigenvalue weighted by atomic mass is 10.3. The molecule has 3 N–H and O–H groups in total. The first kappa shape index (κ1) is 9.75. The summed E-state index contributed by atoms with van der Waals surface area (Å²) in [5.41, 5.74) is 3.45. The van der Waals surface area contributed by atoms with Gasteiger partial charge in [0.1, 0.15) is 0 Å². The number of anilines is 1. The number of benzene rings is 1. The van der Waals surface area contributed by atoms with Crippen molar-refractivity contribution >= 4 is 21.6 Å².